The maximum Gasteiger partial charge on any atom is 0.227 e. The molecular formula is C26H35N5O2. The first-order chi connectivity index (χ1) is 16.2. The van der Waals surface area contributed by atoms with Crippen LogP contribution < -0.4 is 9.80 Å². The number of hydrogen-bond acceptors (Lipinski definition) is 6. The molecule has 1 aromatic carbocycles. The van der Waals surface area contributed by atoms with Crippen LogP contribution >= 0.6 is 0 Å². The Balaban J connectivity index is 1.41. The fourth-order valence-corrected chi connectivity index (χ4v) is 5.31. The molecule has 0 spiro atoms. The summed E-state index contributed by atoms with van der Waals surface area (Å²) in [5.41, 5.74) is 3.28. The summed E-state index contributed by atoms with van der Waals surface area (Å²) in [6, 6.07) is 10.5. The second-order valence-corrected chi connectivity index (χ2v) is 9.50. The van der Waals surface area contributed by atoms with Crippen molar-refractivity contribution >= 4 is 17.7 Å². The maximum atomic E-state index is 13.1. The van der Waals surface area contributed by atoms with Gasteiger partial charge in [-0.1, -0.05) is 49.6 Å². The predicted molar refractivity (Wildman–Crippen MR) is 130 cm³/mol. The molecule has 33 heavy (non-hydrogen) atoms. The smallest absolute Gasteiger partial charge is 0.227 e. The van der Waals surface area contributed by atoms with E-state index in [1.807, 2.05) is 35.2 Å². The molecule has 176 valence electrons. The normalized spacial score (nSPS) is 19.3. The van der Waals surface area contributed by atoms with Gasteiger partial charge in [0.25, 0.3) is 0 Å². The van der Waals surface area contributed by atoms with Crippen molar-refractivity contribution in [2.45, 2.75) is 57.5 Å². The van der Waals surface area contributed by atoms with E-state index in [1.54, 1.807) is 0 Å². The Morgan fingerprint density at radius 2 is 1.82 bits per heavy atom. The van der Waals surface area contributed by atoms with Gasteiger partial charge in [-0.15, -0.1) is 0 Å². The number of carbonyl (C=O) groups excluding carboxylic acids is 1. The Morgan fingerprint density at radius 3 is 2.58 bits per heavy atom. The second-order valence-electron chi connectivity index (χ2n) is 9.50. The molecule has 2 fully saturated rings. The molecule has 0 N–H and O–H groups in total. The average molecular weight is 450 g/mol. The average Bonchev–Trinajstić information content (AvgIpc) is 2.89. The van der Waals surface area contributed by atoms with Gasteiger partial charge in [0, 0.05) is 44.7 Å². The summed E-state index contributed by atoms with van der Waals surface area (Å²) in [7, 11) is 2.15. The van der Waals surface area contributed by atoms with Gasteiger partial charge in [-0.25, -0.2) is 4.98 Å². The fraction of sp³-hybridized carbons (Fsp3) is 0.577. The molecule has 7 heteroatoms. The minimum Gasteiger partial charge on any atom is -0.378 e. The molecule has 1 saturated carbocycles. The molecule has 0 unspecified atom stereocenters. The summed E-state index contributed by atoms with van der Waals surface area (Å²) in [6.07, 6.45) is 7.55. The number of hydrogen-bond donors (Lipinski definition) is 0. The summed E-state index contributed by atoms with van der Waals surface area (Å²) in [4.78, 5) is 29.8. The van der Waals surface area contributed by atoms with Gasteiger partial charge in [-0.3, -0.25) is 4.79 Å². The van der Waals surface area contributed by atoms with Gasteiger partial charge in [0.15, 0.2) is 0 Å². The lowest BCUT2D eigenvalue weighted by molar-refractivity contribution is -0.131. The Hall–Kier alpha value is -2.67. The molecule has 3 aliphatic rings. The van der Waals surface area contributed by atoms with Crippen molar-refractivity contribution in [2.75, 3.05) is 49.7 Å². The first-order valence-electron chi connectivity index (χ1n) is 12.5. The molecule has 1 aromatic heterocycles. The summed E-state index contributed by atoms with van der Waals surface area (Å²) in [5.74, 6) is 2.01. The lowest BCUT2D eigenvalue weighted by Gasteiger charge is -2.37. The fourth-order valence-electron chi connectivity index (χ4n) is 5.31. The van der Waals surface area contributed by atoms with Gasteiger partial charge < -0.3 is 19.4 Å². The minimum atomic E-state index is 0.170. The van der Waals surface area contributed by atoms with Crippen LogP contribution in [0, 0.1) is 0 Å². The molecule has 1 amide bonds. The monoisotopic (exact) mass is 449 g/mol. The number of anilines is 2. The van der Waals surface area contributed by atoms with E-state index in [4.69, 9.17) is 14.7 Å². The summed E-state index contributed by atoms with van der Waals surface area (Å²) in [5, 5.41) is 0. The Morgan fingerprint density at radius 1 is 1.06 bits per heavy atom. The van der Waals surface area contributed by atoms with Crippen molar-refractivity contribution in [3.05, 3.63) is 47.2 Å². The highest BCUT2D eigenvalue weighted by Gasteiger charge is 2.30. The topological polar surface area (TPSA) is 61.8 Å². The third-order valence-electron chi connectivity index (χ3n) is 7.33. The van der Waals surface area contributed by atoms with Crippen LogP contribution in [0.1, 0.15) is 48.9 Å². The molecule has 7 nitrogen and oxygen atoms in total. The zero-order chi connectivity index (χ0) is 22.6. The van der Waals surface area contributed by atoms with Crippen LogP contribution in [0.3, 0.4) is 0 Å². The summed E-state index contributed by atoms with van der Waals surface area (Å²) < 4.78 is 5.60. The number of amides is 1. The maximum absolute atomic E-state index is 13.1. The van der Waals surface area contributed by atoms with Crippen molar-refractivity contribution in [2.24, 2.45) is 0 Å². The van der Waals surface area contributed by atoms with Gasteiger partial charge in [-0.05, 0) is 18.4 Å². The molecule has 2 aromatic rings. The van der Waals surface area contributed by atoms with Crippen molar-refractivity contribution in [1.82, 2.24) is 14.9 Å². The van der Waals surface area contributed by atoms with Crippen molar-refractivity contribution in [1.29, 1.82) is 0 Å². The lowest BCUT2D eigenvalue weighted by atomic mass is 9.95. The highest BCUT2D eigenvalue weighted by Crippen LogP contribution is 2.32. The standard InChI is InChI=1S/C26H35N5O2/c1-29(21-10-6-3-7-11-21)26-27-23-12-13-31(24(32)18-20-8-4-2-5-9-20)19-22(23)25(28-26)30-14-16-33-17-15-30/h2,4-5,8-9,21H,3,6-7,10-19H2,1H3. The van der Waals surface area contributed by atoms with Crippen LogP contribution in [-0.4, -0.2) is 66.7 Å². The molecule has 0 bridgehead atoms. The number of ether oxygens (including phenoxy) is 1. The number of morpholine rings is 1. The molecule has 5 rings (SSSR count). The number of benzene rings is 1. The van der Waals surface area contributed by atoms with Crippen molar-refractivity contribution in [3.8, 4) is 0 Å². The van der Waals surface area contributed by atoms with E-state index in [-0.39, 0.29) is 5.91 Å². The third-order valence-corrected chi connectivity index (χ3v) is 7.33. The van der Waals surface area contributed by atoms with Crippen LogP contribution in [0.15, 0.2) is 30.3 Å². The summed E-state index contributed by atoms with van der Waals surface area (Å²) in [6.45, 7) is 4.38. The number of aromatic nitrogens is 2. The third kappa shape index (κ3) is 4.98. The predicted octanol–water partition coefficient (Wildman–Crippen LogP) is 3.21. The highest BCUT2D eigenvalue weighted by atomic mass is 16.5. The first kappa shape index (κ1) is 22.1. The van der Waals surface area contributed by atoms with Gasteiger partial charge in [0.1, 0.15) is 5.82 Å². The number of fused-ring (bicyclic) bond motifs is 1. The van der Waals surface area contributed by atoms with Crippen molar-refractivity contribution < 1.29 is 9.53 Å². The van der Waals surface area contributed by atoms with Gasteiger partial charge in [0.05, 0.1) is 31.9 Å². The van der Waals surface area contributed by atoms with E-state index < -0.39 is 0 Å². The van der Waals surface area contributed by atoms with Gasteiger partial charge >= 0.3 is 0 Å². The Labute approximate surface area is 196 Å². The SMILES string of the molecule is CN(c1nc2c(c(N3CCOCC3)n1)CN(C(=O)Cc1ccccc1)CC2)C1CCCCC1. The molecule has 1 saturated heterocycles. The van der Waals surface area contributed by atoms with E-state index >= 15 is 0 Å². The first-order valence-corrected chi connectivity index (χ1v) is 12.5. The molecular weight excluding hydrogens is 414 g/mol. The van der Waals surface area contributed by atoms with E-state index in [1.165, 1.54) is 32.1 Å². The van der Waals surface area contributed by atoms with Crippen LogP contribution in [0.5, 0.6) is 0 Å². The van der Waals surface area contributed by atoms with E-state index in [0.29, 0.717) is 38.8 Å². The van der Waals surface area contributed by atoms with Crippen LogP contribution in [0.25, 0.3) is 0 Å². The molecule has 0 radical (unpaired) electrons. The van der Waals surface area contributed by atoms with E-state index in [2.05, 4.69) is 16.8 Å². The largest absolute Gasteiger partial charge is 0.378 e. The molecule has 0 atom stereocenters. The van der Waals surface area contributed by atoms with Gasteiger partial charge in [-0.2, -0.15) is 4.98 Å². The quantitative estimate of drug-likeness (QED) is 0.699. The highest BCUT2D eigenvalue weighted by molar-refractivity contribution is 5.79. The summed E-state index contributed by atoms with van der Waals surface area (Å²) >= 11 is 0. The Kier molecular flexibility index (Phi) is 6.76. The van der Waals surface area contributed by atoms with Crippen LogP contribution in [0.2, 0.25) is 0 Å². The Bertz CT molecular complexity index is 955. The zero-order valence-corrected chi connectivity index (χ0v) is 19.7. The lowest BCUT2D eigenvalue weighted by Crippen LogP contribution is -2.42. The molecule has 3 heterocycles. The van der Waals surface area contributed by atoms with Crippen LogP contribution in [-0.2, 0) is 28.9 Å². The van der Waals surface area contributed by atoms with E-state index in [0.717, 1.165) is 48.1 Å². The number of carbonyl (C=O) groups is 1. The molecule has 2 aliphatic heterocycles. The second kappa shape index (κ2) is 10.1. The van der Waals surface area contributed by atoms with E-state index in [9.17, 15) is 4.79 Å². The van der Waals surface area contributed by atoms with Crippen LogP contribution in [0.4, 0.5) is 11.8 Å². The van der Waals surface area contributed by atoms with Crippen molar-refractivity contribution in [3.63, 3.8) is 0 Å². The van der Waals surface area contributed by atoms with Gasteiger partial charge in [0.2, 0.25) is 11.9 Å². The minimum absolute atomic E-state index is 0.170. The number of nitrogens with zero attached hydrogens (tertiary/aromatic N) is 5. The zero-order valence-electron chi connectivity index (χ0n) is 19.7. The molecule has 1 aliphatic carbocycles. The number of rotatable bonds is 5.